The lowest BCUT2D eigenvalue weighted by Gasteiger charge is -2.28. The Kier molecular flexibility index (Phi) is 10.8. The van der Waals surface area contributed by atoms with Gasteiger partial charge in [0.15, 0.2) is 6.10 Å². The van der Waals surface area contributed by atoms with Crippen molar-refractivity contribution in [1.29, 1.82) is 0 Å². The molecule has 260 valence electrons. The van der Waals surface area contributed by atoms with Crippen LogP contribution < -0.4 is 10.6 Å². The number of nitro benzene ring substituents is 1. The summed E-state index contributed by atoms with van der Waals surface area (Å²) in [6.07, 6.45) is 4.83. The van der Waals surface area contributed by atoms with Crippen molar-refractivity contribution < 1.29 is 29.2 Å². The number of nitrogens with zero attached hydrogens (tertiary/aromatic N) is 5. The molecule has 3 aromatic carbocycles. The SMILES string of the molecule is O=C(N[C@@H](Cc1ccccc1)[C@H](O)C(=O)Nc1cccc(-c2nn[nH]n2)c1)c1cc(C(=O)N2COC[C@@H]2CC2CCCCC2)cc([N+](=O)[O-])c1. The van der Waals surface area contributed by atoms with Crippen LogP contribution in [0, 0.1) is 16.0 Å². The Bertz CT molecular complexity index is 1810. The van der Waals surface area contributed by atoms with Gasteiger partial charge in [-0.25, -0.2) is 0 Å². The van der Waals surface area contributed by atoms with Gasteiger partial charge in [-0.15, -0.1) is 10.2 Å². The molecule has 15 heteroatoms. The molecule has 0 radical (unpaired) electrons. The maximum absolute atomic E-state index is 13.8. The van der Waals surface area contributed by atoms with E-state index in [1.165, 1.54) is 12.5 Å². The highest BCUT2D eigenvalue weighted by Gasteiger charge is 2.34. The molecule has 2 fully saturated rings. The lowest BCUT2D eigenvalue weighted by molar-refractivity contribution is -0.384. The van der Waals surface area contributed by atoms with E-state index in [9.17, 15) is 29.6 Å². The van der Waals surface area contributed by atoms with E-state index in [-0.39, 0.29) is 30.3 Å². The number of aliphatic hydroxyl groups is 1. The Labute approximate surface area is 287 Å². The normalized spacial score (nSPS) is 17.5. The Morgan fingerprint density at radius 1 is 1.02 bits per heavy atom. The molecule has 2 heterocycles. The molecule has 1 aliphatic heterocycles. The van der Waals surface area contributed by atoms with Gasteiger partial charge >= 0.3 is 0 Å². The van der Waals surface area contributed by atoms with Crippen molar-refractivity contribution in [2.75, 3.05) is 18.7 Å². The third kappa shape index (κ3) is 8.36. The smallest absolute Gasteiger partial charge is 0.271 e. The monoisotopic (exact) mass is 682 g/mol. The fourth-order valence-electron chi connectivity index (χ4n) is 6.63. The van der Waals surface area contributed by atoms with E-state index in [0.717, 1.165) is 49.8 Å². The number of rotatable bonds is 12. The van der Waals surface area contributed by atoms with Crippen molar-refractivity contribution in [3.8, 4) is 11.4 Å². The van der Waals surface area contributed by atoms with Gasteiger partial charge in [-0.3, -0.25) is 24.5 Å². The number of amides is 3. The maximum atomic E-state index is 13.8. The van der Waals surface area contributed by atoms with E-state index in [0.29, 0.717) is 29.6 Å². The second-order valence-electron chi connectivity index (χ2n) is 12.7. The topological polar surface area (TPSA) is 206 Å². The molecular formula is C35H38N8O7. The number of hydrogen-bond donors (Lipinski definition) is 4. The number of tetrazole rings is 1. The van der Waals surface area contributed by atoms with E-state index < -0.39 is 40.5 Å². The van der Waals surface area contributed by atoms with E-state index in [2.05, 4.69) is 31.3 Å². The summed E-state index contributed by atoms with van der Waals surface area (Å²) in [4.78, 5) is 53.7. The van der Waals surface area contributed by atoms with Crippen molar-refractivity contribution in [3.63, 3.8) is 0 Å². The van der Waals surface area contributed by atoms with E-state index >= 15 is 0 Å². The summed E-state index contributed by atoms with van der Waals surface area (Å²) in [5, 5.41) is 42.4. The third-order valence-electron chi connectivity index (χ3n) is 9.21. The summed E-state index contributed by atoms with van der Waals surface area (Å²) in [6.45, 7) is 0.436. The average Bonchev–Trinajstić information content (AvgIpc) is 3.85. The number of carbonyl (C=O) groups is 3. The summed E-state index contributed by atoms with van der Waals surface area (Å²) < 4.78 is 5.65. The number of nitro groups is 1. The zero-order valence-electron chi connectivity index (χ0n) is 27.2. The van der Waals surface area contributed by atoms with Crippen molar-refractivity contribution in [2.45, 2.75) is 63.1 Å². The van der Waals surface area contributed by atoms with Crippen LogP contribution in [0.25, 0.3) is 11.4 Å². The Balaban J connectivity index is 1.22. The lowest BCUT2D eigenvalue weighted by Crippen LogP contribution is -2.50. The highest BCUT2D eigenvalue weighted by Crippen LogP contribution is 2.31. The number of anilines is 1. The minimum absolute atomic E-state index is 0.0251. The van der Waals surface area contributed by atoms with Crippen LogP contribution in [0.15, 0.2) is 72.8 Å². The van der Waals surface area contributed by atoms with Gasteiger partial charge in [-0.05, 0) is 47.7 Å². The van der Waals surface area contributed by atoms with Crippen LogP contribution in [-0.4, -0.2) is 84.8 Å². The number of hydrogen-bond acceptors (Lipinski definition) is 10. The molecule has 6 rings (SSSR count). The number of H-pyrrole nitrogens is 1. The van der Waals surface area contributed by atoms with Gasteiger partial charge in [0.25, 0.3) is 23.4 Å². The van der Waals surface area contributed by atoms with E-state index in [1.807, 2.05) is 6.07 Å². The fraction of sp³-hybridized carbons (Fsp3) is 0.371. The van der Waals surface area contributed by atoms with Gasteiger partial charge < -0.3 is 25.4 Å². The molecule has 3 atom stereocenters. The van der Waals surface area contributed by atoms with Crippen molar-refractivity contribution in [3.05, 3.63) is 99.6 Å². The highest BCUT2D eigenvalue weighted by molar-refractivity contribution is 6.01. The summed E-state index contributed by atoms with van der Waals surface area (Å²) in [5.74, 6) is -1.28. The van der Waals surface area contributed by atoms with Crippen LogP contribution in [0.4, 0.5) is 11.4 Å². The number of benzene rings is 3. The second-order valence-corrected chi connectivity index (χ2v) is 12.7. The van der Waals surface area contributed by atoms with E-state index in [1.54, 1.807) is 53.4 Å². The van der Waals surface area contributed by atoms with Crippen LogP contribution in [0.3, 0.4) is 0 Å². The quantitative estimate of drug-likeness (QED) is 0.125. The summed E-state index contributed by atoms with van der Waals surface area (Å²) in [6, 6.07) is 17.8. The first-order valence-electron chi connectivity index (χ1n) is 16.6. The number of nitrogens with one attached hydrogen (secondary N) is 3. The summed E-state index contributed by atoms with van der Waals surface area (Å²) in [7, 11) is 0. The zero-order chi connectivity index (χ0) is 35.0. The van der Waals surface area contributed by atoms with Gasteiger partial charge in [0.1, 0.15) is 6.73 Å². The molecule has 50 heavy (non-hydrogen) atoms. The molecule has 1 aliphatic carbocycles. The first-order valence-corrected chi connectivity index (χ1v) is 16.6. The van der Waals surface area contributed by atoms with Crippen LogP contribution in [-0.2, 0) is 16.0 Å². The second kappa shape index (κ2) is 15.8. The van der Waals surface area contributed by atoms with Crippen LogP contribution in [0.2, 0.25) is 0 Å². The maximum Gasteiger partial charge on any atom is 0.271 e. The molecule has 15 nitrogen and oxygen atoms in total. The van der Waals surface area contributed by atoms with Crippen molar-refractivity contribution in [2.24, 2.45) is 5.92 Å². The number of aromatic amines is 1. The predicted molar refractivity (Wildman–Crippen MR) is 181 cm³/mol. The molecule has 4 N–H and O–H groups in total. The average molecular weight is 683 g/mol. The van der Waals surface area contributed by atoms with Crippen LogP contribution >= 0.6 is 0 Å². The van der Waals surface area contributed by atoms with Gasteiger partial charge in [0.05, 0.1) is 23.6 Å². The van der Waals surface area contributed by atoms with Crippen molar-refractivity contribution >= 4 is 29.1 Å². The summed E-state index contributed by atoms with van der Waals surface area (Å²) in [5.41, 5.74) is 1.00. The third-order valence-corrected chi connectivity index (χ3v) is 9.21. The van der Waals surface area contributed by atoms with Gasteiger partial charge in [0.2, 0.25) is 5.82 Å². The highest BCUT2D eigenvalue weighted by atomic mass is 16.6. The first-order chi connectivity index (χ1) is 24.2. The van der Waals surface area contributed by atoms with E-state index in [4.69, 9.17) is 4.74 Å². The Morgan fingerprint density at radius 2 is 1.80 bits per heavy atom. The molecule has 0 spiro atoms. The molecule has 1 saturated heterocycles. The zero-order valence-corrected chi connectivity index (χ0v) is 27.2. The molecule has 0 bridgehead atoms. The fourth-order valence-corrected chi connectivity index (χ4v) is 6.63. The number of non-ortho nitro benzene ring substituents is 1. The molecule has 2 aliphatic rings. The number of carbonyl (C=O) groups excluding carboxylic acids is 3. The first kappa shape index (κ1) is 34.3. The van der Waals surface area contributed by atoms with Crippen molar-refractivity contribution in [1.82, 2.24) is 30.8 Å². The number of aliphatic hydroxyl groups excluding tert-OH is 1. The summed E-state index contributed by atoms with van der Waals surface area (Å²) >= 11 is 0. The van der Waals surface area contributed by atoms with Gasteiger partial charge in [-0.1, -0.05) is 74.6 Å². The lowest BCUT2D eigenvalue weighted by atomic mass is 9.84. The minimum Gasteiger partial charge on any atom is -0.381 e. The Hall–Kier alpha value is -5.54. The minimum atomic E-state index is -1.74. The molecule has 3 amide bonds. The van der Waals surface area contributed by atoms with Gasteiger partial charge in [-0.2, -0.15) is 5.21 Å². The molecule has 4 aromatic rings. The van der Waals surface area contributed by atoms with Gasteiger partial charge in [0, 0.05) is 34.5 Å². The molecule has 0 unspecified atom stereocenters. The number of aromatic nitrogens is 4. The molecule has 1 aromatic heterocycles. The standard InChI is InChI=1S/C35H38N8O7/c44-31(34(46)36-27-13-7-12-24(17-27)32-38-40-41-39-32)30(15-23-10-5-2-6-11-23)37-33(45)25-16-26(19-28(18-25)43(48)49)35(47)42-21-50-20-29(42)14-22-8-3-1-4-9-22/h2,5-7,10-13,16-19,22,29-31,44H,1,3-4,8-9,14-15,20-21H2,(H,36,46)(H,37,45)(H,38,39,40,41)/t29-,30-,31-/m0/s1. The van der Waals surface area contributed by atoms with Crippen LogP contribution in [0.1, 0.15) is 64.8 Å². The molecular weight excluding hydrogens is 644 g/mol. The Morgan fingerprint density at radius 3 is 2.54 bits per heavy atom. The van der Waals surface area contributed by atoms with Crippen LogP contribution in [0.5, 0.6) is 0 Å². The number of ether oxygens (including phenoxy) is 1. The predicted octanol–water partition coefficient (Wildman–Crippen LogP) is 3.88. The largest absolute Gasteiger partial charge is 0.381 e. The molecule has 1 saturated carbocycles.